The summed E-state index contributed by atoms with van der Waals surface area (Å²) in [7, 11) is 0. The predicted octanol–water partition coefficient (Wildman–Crippen LogP) is 4.48. The molecule has 0 aliphatic carbocycles. The minimum atomic E-state index is -0.462. The van der Waals surface area contributed by atoms with Crippen molar-refractivity contribution in [3.8, 4) is 0 Å². The highest BCUT2D eigenvalue weighted by molar-refractivity contribution is 7.80. The first-order valence-electron chi connectivity index (χ1n) is 10.8. The van der Waals surface area contributed by atoms with Gasteiger partial charge in [-0.2, -0.15) is 0 Å². The van der Waals surface area contributed by atoms with E-state index in [1.165, 1.54) is 12.1 Å². The number of esters is 1. The van der Waals surface area contributed by atoms with E-state index in [9.17, 15) is 14.0 Å². The lowest BCUT2D eigenvalue weighted by Crippen LogP contribution is -2.47. The van der Waals surface area contributed by atoms with Crippen LogP contribution in [0.1, 0.15) is 44.9 Å². The van der Waals surface area contributed by atoms with Crippen LogP contribution >= 0.6 is 12.2 Å². The number of ether oxygens (including phenoxy) is 1. The van der Waals surface area contributed by atoms with Crippen LogP contribution in [0.25, 0.3) is 0 Å². The van der Waals surface area contributed by atoms with Gasteiger partial charge in [0.25, 0.3) is 0 Å². The lowest BCUT2D eigenvalue weighted by atomic mass is 9.94. The van der Waals surface area contributed by atoms with E-state index in [0.717, 1.165) is 16.8 Å². The molecular weight excluding hydrogens is 441 g/mol. The van der Waals surface area contributed by atoms with Crippen LogP contribution in [0.4, 0.5) is 10.1 Å². The lowest BCUT2D eigenvalue weighted by Gasteiger charge is -2.37. The maximum Gasteiger partial charge on any atom is 0.338 e. The molecule has 1 aliphatic heterocycles. The molecule has 0 fully saturated rings. The van der Waals surface area contributed by atoms with Crippen LogP contribution in [0.5, 0.6) is 0 Å². The van der Waals surface area contributed by atoms with Gasteiger partial charge in [0.15, 0.2) is 5.11 Å². The second-order valence-electron chi connectivity index (χ2n) is 8.05. The summed E-state index contributed by atoms with van der Waals surface area (Å²) >= 11 is 5.51. The average Bonchev–Trinajstić information content (AvgIpc) is 2.75. The van der Waals surface area contributed by atoms with Crippen molar-refractivity contribution >= 4 is 34.9 Å². The van der Waals surface area contributed by atoms with Crippen molar-refractivity contribution in [3.63, 3.8) is 0 Å². The molecule has 0 spiro atoms. The Hall–Kier alpha value is -3.26. The summed E-state index contributed by atoms with van der Waals surface area (Å²) in [4.78, 5) is 27.1. The van der Waals surface area contributed by atoms with Crippen LogP contribution in [0, 0.1) is 5.82 Å². The van der Waals surface area contributed by atoms with E-state index >= 15 is 0 Å². The van der Waals surface area contributed by atoms with E-state index < -0.39 is 12.0 Å². The summed E-state index contributed by atoms with van der Waals surface area (Å²) in [5.74, 6) is -0.937. The van der Waals surface area contributed by atoms with Crippen LogP contribution in [0.3, 0.4) is 0 Å². The molecule has 6 nitrogen and oxygen atoms in total. The van der Waals surface area contributed by atoms with Gasteiger partial charge in [0, 0.05) is 17.9 Å². The van der Waals surface area contributed by atoms with Gasteiger partial charge in [-0.05, 0) is 75.3 Å². The maximum atomic E-state index is 13.0. The number of anilines is 1. The van der Waals surface area contributed by atoms with Crippen LogP contribution in [-0.2, 0) is 20.7 Å². The van der Waals surface area contributed by atoms with Crippen molar-refractivity contribution in [3.05, 3.63) is 76.7 Å². The fourth-order valence-corrected chi connectivity index (χ4v) is 4.09. The molecule has 1 unspecified atom stereocenters. The van der Waals surface area contributed by atoms with Crippen LogP contribution < -0.4 is 10.6 Å². The third-order valence-electron chi connectivity index (χ3n) is 5.28. The summed E-state index contributed by atoms with van der Waals surface area (Å²) in [5, 5.41) is 6.62. The molecule has 3 rings (SSSR count). The van der Waals surface area contributed by atoms with E-state index in [0.29, 0.717) is 22.9 Å². The number of carbonyl (C=O) groups is 2. The summed E-state index contributed by atoms with van der Waals surface area (Å²) in [6, 6.07) is 12.6. The van der Waals surface area contributed by atoms with Crippen molar-refractivity contribution < 1.29 is 18.7 Å². The number of rotatable bonds is 7. The minimum Gasteiger partial charge on any atom is -0.459 e. The standard InChI is InChI=1S/C25H28FN3O3S/c1-5-29-16(4)22(24(31)32-15(2)3)23(28-25(29)33)18-8-12-20(13-9-18)27-21(30)14-17-6-10-19(26)11-7-17/h6-13,15,23H,5,14H2,1-4H3,(H,27,30)(H,28,33). The van der Waals surface area contributed by atoms with Crippen molar-refractivity contribution in [1.82, 2.24) is 10.2 Å². The number of carbonyl (C=O) groups excluding carboxylic acids is 2. The topological polar surface area (TPSA) is 70.7 Å². The Labute approximate surface area is 198 Å². The third-order valence-corrected chi connectivity index (χ3v) is 5.62. The summed E-state index contributed by atoms with van der Waals surface area (Å²) in [5.41, 5.74) is 3.42. The fraction of sp³-hybridized carbons (Fsp3) is 0.320. The predicted molar refractivity (Wildman–Crippen MR) is 130 cm³/mol. The SMILES string of the molecule is CCN1C(=S)NC(c2ccc(NC(=O)Cc3ccc(F)cc3)cc2)C(C(=O)OC(C)C)=C1C. The largest absolute Gasteiger partial charge is 0.459 e. The summed E-state index contributed by atoms with van der Waals surface area (Å²) in [6.45, 7) is 8.08. The lowest BCUT2D eigenvalue weighted by molar-refractivity contribution is -0.143. The van der Waals surface area contributed by atoms with Gasteiger partial charge in [-0.15, -0.1) is 0 Å². The number of allylic oxidation sites excluding steroid dienone is 1. The molecule has 1 amide bonds. The molecule has 33 heavy (non-hydrogen) atoms. The Morgan fingerprint density at radius 3 is 2.36 bits per heavy atom. The molecule has 174 valence electrons. The molecule has 2 aromatic rings. The molecule has 1 atom stereocenters. The second kappa shape index (κ2) is 10.6. The number of benzene rings is 2. The zero-order chi connectivity index (χ0) is 24.1. The van der Waals surface area contributed by atoms with E-state index in [-0.39, 0.29) is 24.2 Å². The molecule has 0 saturated heterocycles. The summed E-state index contributed by atoms with van der Waals surface area (Å²) in [6.07, 6.45) is -0.110. The minimum absolute atomic E-state index is 0.139. The second-order valence-corrected chi connectivity index (χ2v) is 8.44. The zero-order valence-electron chi connectivity index (χ0n) is 19.1. The van der Waals surface area contributed by atoms with Crippen molar-refractivity contribution in [1.29, 1.82) is 0 Å². The van der Waals surface area contributed by atoms with E-state index in [1.54, 1.807) is 24.3 Å². The molecule has 1 heterocycles. The Bertz CT molecular complexity index is 1070. The van der Waals surface area contributed by atoms with E-state index in [2.05, 4.69) is 10.6 Å². The quantitative estimate of drug-likeness (QED) is 0.460. The van der Waals surface area contributed by atoms with Gasteiger partial charge in [0.05, 0.1) is 24.1 Å². The first-order valence-corrected chi connectivity index (χ1v) is 11.2. The Kier molecular flexibility index (Phi) is 7.81. The fourth-order valence-electron chi connectivity index (χ4n) is 3.71. The number of amides is 1. The van der Waals surface area contributed by atoms with Gasteiger partial charge < -0.3 is 20.3 Å². The molecule has 0 bridgehead atoms. The normalized spacial score (nSPS) is 16.0. The van der Waals surface area contributed by atoms with Gasteiger partial charge in [-0.1, -0.05) is 24.3 Å². The van der Waals surface area contributed by atoms with Crippen LogP contribution in [-0.4, -0.2) is 34.5 Å². The highest BCUT2D eigenvalue weighted by Crippen LogP contribution is 2.32. The van der Waals surface area contributed by atoms with Gasteiger partial charge in [0.2, 0.25) is 5.91 Å². The van der Waals surface area contributed by atoms with Gasteiger partial charge in [0.1, 0.15) is 5.82 Å². The Balaban J connectivity index is 1.79. The van der Waals surface area contributed by atoms with Crippen LogP contribution in [0.15, 0.2) is 59.8 Å². The molecule has 2 N–H and O–H groups in total. The summed E-state index contributed by atoms with van der Waals surface area (Å²) < 4.78 is 18.5. The Morgan fingerprint density at radius 1 is 1.15 bits per heavy atom. The molecule has 0 saturated carbocycles. The van der Waals surface area contributed by atoms with Crippen molar-refractivity contribution in [2.75, 3.05) is 11.9 Å². The van der Waals surface area contributed by atoms with E-state index in [4.69, 9.17) is 17.0 Å². The molecule has 0 radical (unpaired) electrons. The zero-order valence-corrected chi connectivity index (χ0v) is 20.0. The van der Waals surface area contributed by atoms with E-state index in [1.807, 2.05) is 44.7 Å². The Morgan fingerprint density at radius 2 is 1.79 bits per heavy atom. The van der Waals surface area contributed by atoms with Gasteiger partial charge >= 0.3 is 5.97 Å². The molecule has 2 aromatic carbocycles. The molecule has 1 aliphatic rings. The monoisotopic (exact) mass is 469 g/mol. The number of hydrogen-bond acceptors (Lipinski definition) is 4. The number of thiocarbonyl (C=S) groups is 1. The molecule has 0 aromatic heterocycles. The smallest absolute Gasteiger partial charge is 0.338 e. The van der Waals surface area contributed by atoms with Crippen LogP contribution in [0.2, 0.25) is 0 Å². The number of nitrogens with zero attached hydrogens (tertiary/aromatic N) is 1. The van der Waals surface area contributed by atoms with Gasteiger partial charge in [-0.3, -0.25) is 4.79 Å². The van der Waals surface area contributed by atoms with Crippen molar-refractivity contribution in [2.24, 2.45) is 0 Å². The number of nitrogens with one attached hydrogen (secondary N) is 2. The molecular formula is C25H28FN3O3S. The third kappa shape index (κ3) is 5.96. The number of halogens is 1. The van der Waals surface area contributed by atoms with Gasteiger partial charge in [-0.25, -0.2) is 9.18 Å². The first-order chi connectivity index (χ1) is 15.7. The molecule has 8 heteroatoms. The highest BCUT2D eigenvalue weighted by Gasteiger charge is 2.34. The highest BCUT2D eigenvalue weighted by atomic mass is 32.1. The van der Waals surface area contributed by atoms with Crippen molar-refractivity contribution in [2.45, 2.75) is 46.3 Å². The average molecular weight is 470 g/mol. The first kappa shape index (κ1) is 24.4. The maximum absolute atomic E-state index is 13.0. The number of hydrogen-bond donors (Lipinski definition) is 2.